The third kappa shape index (κ3) is 1.48. The van der Waals surface area contributed by atoms with E-state index in [4.69, 9.17) is 9.47 Å². The average Bonchev–Trinajstić information content (AvgIpc) is 2.58. The van der Waals surface area contributed by atoms with E-state index < -0.39 is 0 Å². The molecule has 0 saturated heterocycles. The van der Waals surface area contributed by atoms with Crippen LogP contribution in [0, 0.1) is 0 Å². The standard InChI is InChI=1S/C13H13NO3/c1-16-10-5-3-9-4-6-11(15)14-7-2-8-17-13(10)12(9)14/h3-6H,2,7-8H2,1H3. The molecule has 2 heterocycles. The van der Waals surface area contributed by atoms with Crippen LogP contribution in [0.3, 0.4) is 0 Å². The largest absolute Gasteiger partial charge is 0.493 e. The fraction of sp³-hybridized carbons (Fsp3) is 0.308. The van der Waals surface area contributed by atoms with Gasteiger partial charge in [0.15, 0.2) is 11.5 Å². The minimum Gasteiger partial charge on any atom is -0.493 e. The van der Waals surface area contributed by atoms with E-state index in [9.17, 15) is 4.79 Å². The van der Waals surface area contributed by atoms with Gasteiger partial charge in [-0.2, -0.15) is 0 Å². The summed E-state index contributed by atoms with van der Waals surface area (Å²) in [5.41, 5.74) is 0.854. The highest BCUT2D eigenvalue weighted by Gasteiger charge is 2.16. The number of aryl methyl sites for hydroxylation is 1. The molecular weight excluding hydrogens is 218 g/mol. The Bertz CT molecular complexity index is 630. The van der Waals surface area contributed by atoms with E-state index in [1.54, 1.807) is 17.7 Å². The molecule has 0 atom stereocenters. The molecule has 1 aromatic carbocycles. The minimum atomic E-state index is 0.0116. The monoisotopic (exact) mass is 231 g/mol. The molecule has 1 aliphatic rings. The predicted octanol–water partition coefficient (Wildman–Crippen LogP) is 1.79. The Morgan fingerprint density at radius 3 is 2.94 bits per heavy atom. The molecule has 0 spiro atoms. The van der Waals surface area contributed by atoms with Crippen molar-refractivity contribution in [3.63, 3.8) is 0 Å². The number of rotatable bonds is 1. The third-order valence-electron chi connectivity index (χ3n) is 3.06. The van der Waals surface area contributed by atoms with Crippen LogP contribution in [-0.2, 0) is 6.54 Å². The Balaban J connectivity index is 2.46. The van der Waals surface area contributed by atoms with Gasteiger partial charge >= 0.3 is 0 Å². The Morgan fingerprint density at radius 1 is 1.29 bits per heavy atom. The lowest BCUT2D eigenvalue weighted by atomic mass is 10.2. The first-order chi connectivity index (χ1) is 8.31. The summed E-state index contributed by atoms with van der Waals surface area (Å²) in [6, 6.07) is 7.25. The van der Waals surface area contributed by atoms with E-state index in [0.717, 1.165) is 17.3 Å². The van der Waals surface area contributed by atoms with Crippen molar-refractivity contribution in [1.29, 1.82) is 0 Å². The molecule has 1 aliphatic heterocycles. The number of hydrogen-bond acceptors (Lipinski definition) is 3. The van der Waals surface area contributed by atoms with Crippen molar-refractivity contribution in [2.45, 2.75) is 13.0 Å². The topological polar surface area (TPSA) is 40.5 Å². The molecule has 0 fully saturated rings. The van der Waals surface area contributed by atoms with Gasteiger partial charge in [-0.1, -0.05) is 0 Å². The Kier molecular flexibility index (Phi) is 2.28. The first-order valence-electron chi connectivity index (χ1n) is 5.64. The molecule has 0 saturated carbocycles. The summed E-state index contributed by atoms with van der Waals surface area (Å²) in [7, 11) is 1.61. The number of methoxy groups -OCH3 is 1. The maximum atomic E-state index is 11.9. The van der Waals surface area contributed by atoms with Crippen molar-refractivity contribution in [3.05, 3.63) is 34.6 Å². The fourth-order valence-electron chi connectivity index (χ4n) is 2.26. The van der Waals surface area contributed by atoms with E-state index >= 15 is 0 Å². The highest BCUT2D eigenvalue weighted by atomic mass is 16.5. The number of pyridine rings is 1. The van der Waals surface area contributed by atoms with Crippen LogP contribution in [0.5, 0.6) is 11.5 Å². The Morgan fingerprint density at radius 2 is 2.12 bits per heavy atom. The van der Waals surface area contributed by atoms with Gasteiger partial charge in [0.05, 0.1) is 19.2 Å². The summed E-state index contributed by atoms with van der Waals surface area (Å²) in [5, 5.41) is 1.00. The normalized spacial score (nSPS) is 14.2. The molecule has 3 rings (SSSR count). The van der Waals surface area contributed by atoms with Crippen LogP contribution in [0.1, 0.15) is 6.42 Å². The lowest BCUT2D eigenvalue weighted by molar-refractivity contribution is 0.295. The first-order valence-corrected chi connectivity index (χ1v) is 5.64. The molecule has 0 aliphatic carbocycles. The second kappa shape index (κ2) is 3.80. The maximum Gasteiger partial charge on any atom is 0.251 e. The zero-order valence-corrected chi connectivity index (χ0v) is 9.60. The molecule has 1 aromatic heterocycles. The van der Waals surface area contributed by atoms with Gasteiger partial charge < -0.3 is 14.0 Å². The second-order valence-electron chi connectivity index (χ2n) is 4.06. The lowest BCUT2D eigenvalue weighted by Gasteiger charge is -2.12. The van der Waals surface area contributed by atoms with Crippen molar-refractivity contribution in [2.75, 3.05) is 13.7 Å². The van der Waals surface area contributed by atoms with Gasteiger partial charge in [0.1, 0.15) is 0 Å². The van der Waals surface area contributed by atoms with Crippen molar-refractivity contribution in [3.8, 4) is 11.5 Å². The maximum absolute atomic E-state index is 11.9. The van der Waals surface area contributed by atoms with E-state index in [0.29, 0.717) is 24.7 Å². The molecule has 0 amide bonds. The third-order valence-corrected chi connectivity index (χ3v) is 3.06. The predicted molar refractivity (Wildman–Crippen MR) is 64.9 cm³/mol. The number of aromatic nitrogens is 1. The second-order valence-corrected chi connectivity index (χ2v) is 4.06. The average molecular weight is 231 g/mol. The first kappa shape index (κ1) is 10.2. The molecular formula is C13H13NO3. The zero-order valence-electron chi connectivity index (χ0n) is 9.60. The van der Waals surface area contributed by atoms with Crippen LogP contribution in [-0.4, -0.2) is 18.3 Å². The van der Waals surface area contributed by atoms with Gasteiger partial charge in [-0.15, -0.1) is 0 Å². The summed E-state index contributed by atoms with van der Waals surface area (Å²) >= 11 is 0. The van der Waals surface area contributed by atoms with Crippen LogP contribution in [0.25, 0.3) is 10.9 Å². The lowest BCUT2D eigenvalue weighted by Crippen LogP contribution is -2.18. The Labute approximate surface area is 98.4 Å². The van der Waals surface area contributed by atoms with Crippen LogP contribution in [0.2, 0.25) is 0 Å². The van der Waals surface area contributed by atoms with Gasteiger partial charge in [0.25, 0.3) is 5.56 Å². The summed E-state index contributed by atoms with van der Waals surface area (Å²) in [4.78, 5) is 11.9. The van der Waals surface area contributed by atoms with Crippen molar-refractivity contribution in [2.24, 2.45) is 0 Å². The van der Waals surface area contributed by atoms with Crippen LogP contribution in [0.15, 0.2) is 29.1 Å². The fourth-order valence-corrected chi connectivity index (χ4v) is 2.26. The zero-order chi connectivity index (χ0) is 11.8. The van der Waals surface area contributed by atoms with Gasteiger partial charge in [0, 0.05) is 18.0 Å². The molecule has 2 aromatic rings. The minimum absolute atomic E-state index is 0.0116. The highest BCUT2D eigenvalue weighted by molar-refractivity contribution is 5.87. The molecule has 88 valence electrons. The van der Waals surface area contributed by atoms with Crippen LogP contribution in [0.4, 0.5) is 0 Å². The smallest absolute Gasteiger partial charge is 0.251 e. The van der Waals surface area contributed by atoms with E-state index in [1.807, 2.05) is 18.2 Å². The summed E-state index contributed by atoms with van der Waals surface area (Å²) in [6.45, 7) is 1.30. The van der Waals surface area contributed by atoms with Gasteiger partial charge in [-0.05, 0) is 24.6 Å². The van der Waals surface area contributed by atoms with Crippen LogP contribution >= 0.6 is 0 Å². The van der Waals surface area contributed by atoms with Gasteiger partial charge in [0.2, 0.25) is 0 Å². The van der Waals surface area contributed by atoms with Gasteiger partial charge in [-0.25, -0.2) is 0 Å². The molecule has 0 radical (unpaired) electrons. The molecule has 0 unspecified atom stereocenters. The van der Waals surface area contributed by atoms with Crippen molar-refractivity contribution in [1.82, 2.24) is 4.57 Å². The summed E-state index contributed by atoms with van der Waals surface area (Å²) in [5.74, 6) is 1.36. The quantitative estimate of drug-likeness (QED) is 0.751. The number of hydrogen-bond donors (Lipinski definition) is 0. The van der Waals surface area contributed by atoms with E-state index in [1.165, 1.54) is 0 Å². The number of ether oxygens (including phenoxy) is 2. The SMILES string of the molecule is COc1ccc2ccc(=O)n3c2c1OCCC3. The summed E-state index contributed by atoms with van der Waals surface area (Å²) < 4.78 is 12.8. The highest BCUT2D eigenvalue weighted by Crippen LogP contribution is 2.36. The number of benzene rings is 1. The van der Waals surface area contributed by atoms with E-state index in [2.05, 4.69) is 0 Å². The van der Waals surface area contributed by atoms with Crippen molar-refractivity contribution >= 4 is 10.9 Å². The number of nitrogens with zero attached hydrogens (tertiary/aromatic N) is 1. The molecule has 17 heavy (non-hydrogen) atoms. The van der Waals surface area contributed by atoms with Gasteiger partial charge in [-0.3, -0.25) is 4.79 Å². The molecule has 4 heteroatoms. The summed E-state index contributed by atoms with van der Waals surface area (Å²) in [6.07, 6.45) is 0.830. The molecule has 0 N–H and O–H groups in total. The van der Waals surface area contributed by atoms with Crippen molar-refractivity contribution < 1.29 is 9.47 Å². The Hall–Kier alpha value is -1.97. The molecule has 4 nitrogen and oxygen atoms in total. The van der Waals surface area contributed by atoms with Crippen LogP contribution < -0.4 is 15.0 Å². The molecule has 0 bridgehead atoms. The van der Waals surface area contributed by atoms with E-state index in [-0.39, 0.29) is 5.56 Å².